The van der Waals surface area contributed by atoms with Gasteiger partial charge in [0.15, 0.2) is 0 Å². The van der Waals surface area contributed by atoms with Crippen LogP contribution in [0.15, 0.2) is 37.1 Å². The Bertz CT molecular complexity index is 293. The van der Waals surface area contributed by atoms with Crippen LogP contribution in [-0.4, -0.2) is 28.1 Å². The summed E-state index contributed by atoms with van der Waals surface area (Å²) in [5.74, 6) is -2.11. The molecule has 18 heavy (non-hydrogen) atoms. The molecule has 6 nitrogen and oxygen atoms in total. The molecule has 102 valence electrons. The van der Waals surface area contributed by atoms with Gasteiger partial charge in [-0.2, -0.15) is 0 Å². The van der Waals surface area contributed by atoms with E-state index in [-0.39, 0.29) is 5.97 Å². The number of rotatable bonds is 3. The van der Waals surface area contributed by atoms with E-state index < -0.39 is 11.9 Å². The number of hydrogen-bond acceptors (Lipinski definition) is 4. The van der Waals surface area contributed by atoms with E-state index in [4.69, 9.17) is 10.2 Å². The van der Waals surface area contributed by atoms with Gasteiger partial charge < -0.3 is 14.9 Å². The van der Waals surface area contributed by atoms with Gasteiger partial charge in [0, 0.05) is 19.1 Å². The molecule has 0 saturated heterocycles. The molecule has 0 aliphatic rings. The van der Waals surface area contributed by atoms with Crippen LogP contribution in [0.3, 0.4) is 0 Å². The van der Waals surface area contributed by atoms with E-state index in [1.54, 1.807) is 13.8 Å². The molecule has 2 N–H and O–H groups in total. The summed E-state index contributed by atoms with van der Waals surface area (Å²) in [6.07, 6.45) is 6.22. The van der Waals surface area contributed by atoms with Crippen LogP contribution in [0.2, 0.25) is 0 Å². The van der Waals surface area contributed by atoms with Gasteiger partial charge in [-0.15, -0.1) is 0 Å². The number of ether oxygens (including phenoxy) is 1. The minimum Gasteiger partial charge on any atom is -0.478 e. The maximum absolute atomic E-state index is 9.75. The lowest BCUT2D eigenvalue weighted by Gasteiger charge is -1.83. The number of hydrogen-bond donors (Lipinski definition) is 2. The van der Waals surface area contributed by atoms with E-state index in [0.717, 1.165) is 18.4 Å². The maximum atomic E-state index is 9.75. The van der Waals surface area contributed by atoms with Crippen LogP contribution >= 0.6 is 0 Å². The molecule has 0 fully saturated rings. The van der Waals surface area contributed by atoms with Crippen molar-refractivity contribution >= 4 is 17.9 Å². The normalized spacial score (nSPS) is 8.61. The highest BCUT2D eigenvalue weighted by atomic mass is 16.5. The van der Waals surface area contributed by atoms with Crippen molar-refractivity contribution in [3.8, 4) is 0 Å². The Kier molecular flexibility index (Phi) is 19.9. The third kappa shape index (κ3) is 49.5. The molecule has 0 atom stereocenters. The quantitative estimate of drug-likeness (QED) is 0.456. The molecule has 0 saturated carbocycles. The monoisotopic (exact) mass is 258 g/mol. The summed E-state index contributed by atoms with van der Waals surface area (Å²) in [6.45, 7) is 7.80. The average Bonchev–Trinajstić information content (AvgIpc) is 2.18. The third-order valence-corrected chi connectivity index (χ3v) is 0.868. The number of esters is 1. The third-order valence-electron chi connectivity index (χ3n) is 0.868. The van der Waals surface area contributed by atoms with Crippen molar-refractivity contribution in [3.05, 3.63) is 37.1 Å². The summed E-state index contributed by atoms with van der Waals surface area (Å²) >= 11 is 0. The number of carbonyl (C=O) groups excluding carboxylic acids is 1. The first-order valence-electron chi connectivity index (χ1n) is 4.81. The molecule has 0 bridgehead atoms. The van der Waals surface area contributed by atoms with Gasteiger partial charge in [-0.25, -0.2) is 9.59 Å². The van der Waals surface area contributed by atoms with Crippen LogP contribution in [-0.2, 0) is 19.1 Å². The molecular weight excluding hydrogens is 240 g/mol. The molecule has 0 spiro atoms. The first-order valence-corrected chi connectivity index (χ1v) is 4.81. The predicted molar refractivity (Wildman–Crippen MR) is 66.9 cm³/mol. The second kappa shape index (κ2) is 17.0. The lowest BCUT2D eigenvalue weighted by Crippen LogP contribution is -1.87. The van der Waals surface area contributed by atoms with Crippen molar-refractivity contribution in [2.45, 2.75) is 20.8 Å². The summed E-state index contributed by atoms with van der Waals surface area (Å²) < 4.78 is 4.17. The fourth-order valence-electron chi connectivity index (χ4n) is 0.403. The van der Waals surface area contributed by atoms with Crippen LogP contribution in [0.4, 0.5) is 0 Å². The fourth-order valence-corrected chi connectivity index (χ4v) is 0.403. The van der Waals surface area contributed by atoms with Gasteiger partial charge in [0.2, 0.25) is 0 Å². The average molecular weight is 258 g/mol. The van der Waals surface area contributed by atoms with Crippen LogP contribution in [0.1, 0.15) is 20.8 Å². The molecule has 0 aliphatic carbocycles. The lowest BCUT2D eigenvalue weighted by atomic mass is 10.5. The van der Waals surface area contributed by atoms with Gasteiger partial charge >= 0.3 is 17.9 Å². The summed E-state index contributed by atoms with van der Waals surface area (Å²) in [5, 5.41) is 15.7. The van der Waals surface area contributed by atoms with Crippen molar-refractivity contribution in [1.29, 1.82) is 0 Å². The van der Waals surface area contributed by atoms with E-state index in [2.05, 4.69) is 11.3 Å². The molecule has 0 aromatic carbocycles. The SMILES string of the molecule is C=COC(C)=O.CC=CC(=O)O.CC=CC(=O)O. The molecule has 0 radical (unpaired) electrons. The molecule has 0 rings (SSSR count). The van der Waals surface area contributed by atoms with E-state index in [9.17, 15) is 14.4 Å². The Balaban J connectivity index is -0.000000187. The summed E-state index contributed by atoms with van der Waals surface area (Å²) in [7, 11) is 0. The molecule has 0 amide bonds. The summed E-state index contributed by atoms with van der Waals surface area (Å²) in [4.78, 5) is 28.8. The summed E-state index contributed by atoms with van der Waals surface area (Å²) in [5.41, 5.74) is 0. The van der Waals surface area contributed by atoms with Gasteiger partial charge in [-0.3, -0.25) is 4.79 Å². The maximum Gasteiger partial charge on any atom is 0.327 e. The minimum absolute atomic E-state index is 0.329. The second-order valence-corrected chi connectivity index (χ2v) is 2.45. The van der Waals surface area contributed by atoms with E-state index in [1.165, 1.54) is 19.1 Å². The fraction of sp³-hybridized carbons (Fsp3) is 0.250. The van der Waals surface area contributed by atoms with Crippen LogP contribution < -0.4 is 0 Å². The van der Waals surface area contributed by atoms with E-state index in [1.807, 2.05) is 0 Å². The van der Waals surface area contributed by atoms with Gasteiger partial charge in [-0.05, 0) is 13.8 Å². The van der Waals surface area contributed by atoms with Gasteiger partial charge in [0.1, 0.15) is 0 Å². The molecule has 6 heteroatoms. The Hall–Kier alpha value is -2.37. The molecule has 0 unspecified atom stereocenters. The van der Waals surface area contributed by atoms with Crippen molar-refractivity contribution in [3.63, 3.8) is 0 Å². The highest BCUT2D eigenvalue weighted by Crippen LogP contribution is 1.70. The van der Waals surface area contributed by atoms with E-state index in [0.29, 0.717) is 0 Å². The van der Waals surface area contributed by atoms with Gasteiger partial charge in [-0.1, -0.05) is 18.7 Å². The number of carboxylic acids is 2. The Morgan fingerprint density at radius 2 is 1.33 bits per heavy atom. The Morgan fingerprint density at radius 1 is 1.00 bits per heavy atom. The molecule has 0 aliphatic heterocycles. The van der Waals surface area contributed by atoms with Gasteiger partial charge in [0.25, 0.3) is 0 Å². The Morgan fingerprint density at radius 3 is 1.33 bits per heavy atom. The molecular formula is C12H18O6. The van der Waals surface area contributed by atoms with Crippen LogP contribution in [0, 0.1) is 0 Å². The zero-order chi connectivity index (χ0) is 15.0. The predicted octanol–water partition coefficient (Wildman–Crippen LogP) is 1.99. The number of allylic oxidation sites excluding steroid dienone is 2. The standard InChI is InChI=1S/3C4H6O2/c1-3-6-4(2)5;2*1-2-3-4(5)6/h3H,1H2,2H3;2*2-3H,1H3,(H,5,6). The molecule has 0 aromatic rings. The molecule has 0 heterocycles. The number of carbonyl (C=O) groups is 3. The van der Waals surface area contributed by atoms with Crippen molar-refractivity contribution in [1.82, 2.24) is 0 Å². The smallest absolute Gasteiger partial charge is 0.327 e. The first-order chi connectivity index (χ1) is 8.31. The second-order valence-electron chi connectivity index (χ2n) is 2.45. The molecule has 0 aromatic heterocycles. The lowest BCUT2D eigenvalue weighted by molar-refractivity contribution is -0.135. The van der Waals surface area contributed by atoms with E-state index >= 15 is 0 Å². The summed E-state index contributed by atoms with van der Waals surface area (Å²) in [6, 6.07) is 0. The topological polar surface area (TPSA) is 101 Å². The zero-order valence-corrected chi connectivity index (χ0v) is 10.6. The first kappa shape index (κ1) is 21.0. The van der Waals surface area contributed by atoms with Crippen LogP contribution in [0.25, 0.3) is 0 Å². The van der Waals surface area contributed by atoms with Crippen molar-refractivity contribution in [2.75, 3.05) is 0 Å². The van der Waals surface area contributed by atoms with Gasteiger partial charge in [0.05, 0.1) is 6.26 Å². The highest BCUT2D eigenvalue weighted by molar-refractivity contribution is 5.79. The number of aliphatic carboxylic acids is 2. The largest absolute Gasteiger partial charge is 0.478 e. The Labute approximate surface area is 106 Å². The zero-order valence-electron chi connectivity index (χ0n) is 10.6. The van der Waals surface area contributed by atoms with Crippen molar-refractivity contribution in [2.24, 2.45) is 0 Å². The van der Waals surface area contributed by atoms with Crippen LogP contribution in [0.5, 0.6) is 0 Å². The van der Waals surface area contributed by atoms with Crippen molar-refractivity contribution < 1.29 is 29.3 Å². The number of carboxylic acid groups (broad SMARTS) is 2. The highest BCUT2D eigenvalue weighted by Gasteiger charge is 1.79. The minimum atomic E-state index is -0.891.